The van der Waals surface area contributed by atoms with E-state index in [4.69, 9.17) is 10.2 Å². The molecular weight excluding hydrogens is 160 g/mol. The lowest BCUT2D eigenvalue weighted by atomic mass is 10.5. The van der Waals surface area contributed by atoms with Crippen LogP contribution < -0.4 is 5.73 Å². The molecule has 12 heavy (non-hydrogen) atoms. The molecule has 0 spiro atoms. The van der Waals surface area contributed by atoms with Gasteiger partial charge in [-0.05, 0) is 0 Å². The molecule has 0 atom stereocenters. The minimum absolute atomic E-state index is 0.278. The van der Waals surface area contributed by atoms with Gasteiger partial charge in [-0.2, -0.15) is 0 Å². The average Bonchev–Trinajstić information content (AvgIpc) is 1.86. The van der Waals surface area contributed by atoms with Crippen LogP contribution in [0.1, 0.15) is 0 Å². The van der Waals surface area contributed by atoms with Gasteiger partial charge in [0.25, 0.3) is 0 Å². The van der Waals surface area contributed by atoms with Crippen molar-refractivity contribution in [1.29, 1.82) is 0 Å². The van der Waals surface area contributed by atoms with Crippen LogP contribution >= 0.6 is 0 Å². The third-order valence-electron chi connectivity index (χ3n) is 0.945. The van der Waals surface area contributed by atoms with Crippen LogP contribution in [0, 0.1) is 0 Å². The highest BCUT2D eigenvalue weighted by atomic mass is 16.4. The normalized spacial score (nSPS) is 10.1. The van der Waals surface area contributed by atoms with E-state index in [0.29, 0.717) is 0 Å². The average molecular weight is 179 g/mol. The Morgan fingerprint density at radius 3 is 1.75 bits per heavy atom. The minimum Gasteiger partial charge on any atom is -0.480 e. The molecule has 74 valence electrons. The Hall–Kier alpha value is -0.650. The van der Waals surface area contributed by atoms with Crippen molar-refractivity contribution in [2.45, 2.75) is 0 Å². The van der Waals surface area contributed by atoms with E-state index in [1.807, 2.05) is 0 Å². The lowest BCUT2D eigenvalue weighted by Gasteiger charge is -2.21. The van der Waals surface area contributed by atoms with E-state index in [9.17, 15) is 4.79 Å². The number of hydrogen-bond donors (Lipinski definition) is 3. The number of likely N-dealkylation sites (N-methyl/N-ethyl adjacent to an activating group) is 1. The molecular formula is C7H19N2O3+. The molecule has 0 aliphatic carbocycles. The van der Waals surface area contributed by atoms with E-state index >= 15 is 0 Å². The molecule has 0 saturated carbocycles. The number of carboxylic acid groups (broad SMARTS) is 1. The second-order valence-corrected chi connectivity index (χ2v) is 3.34. The molecule has 0 amide bonds. The van der Waals surface area contributed by atoms with Crippen molar-refractivity contribution in [3.63, 3.8) is 0 Å². The first-order valence-electron chi connectivity index (χ1n) is 3.66. The number of hydrogen-bond acceptors (Lipinski definition) is 3. The molecule has 0 radical (unpaired) electrons. The first-order chi connectivity index (χ1) is 5.33. The van der Waals surface area contributed by atoms with E-state index < -0.39 is 5.97 Å². The second-order valence-electron chi connectivity index (χ2n) is 3.34. The lowest BCUT2D eigenvalue weighted by molar-refractivity contribution is -0.870. The highest BCUT2D eigenvalue weighted by molar-refractivity contribution is 5.68. The van der Waals surface area contributed by atoms with Gasteiger partial charge in [0.1, 0.15) is 6.54 Å². The molecule has 0 heterocycles. The summed E-state index contributed by atoms with van der Waals surface area (Å²) in [5.41, 5.74) is 4.57. The SMILES string of the molecule is C[N+](C)(C)CCO.NCC(=O)O. The van der Waals surface area contributed by atoms with Crippen molar-refractivity contribution in [3.05, 3.63) is 0 Å². The highest BCUT2D eigenvalue weighted by Gasteiger charge is 2.02. The summed E-state index contributed by atoms with van der Waals surface area (Å²) in [6.45, 7) is 0.837. The number of aliphatic carboxylic acids is 1. The zero-order valence-electron chi connectivity index (χ0n) is 7.95. The number of carbonyl (C=O) groups is 1. The summed E-state index contributed by atoms with van der Waals surface area (Å²) in [6.07, 6.45) is 0. The number of carboxylic acids is 1. The summed E-state index contributed by atoms with van der Waals surface area (Å²) in [4.78, 5) is 9.24. The topological polar surface area (TPSA) is 83.5 Å². The lowest BCUT2D eigenvalue weighted by Crippen LogP contribution is -2.36. The Kier molecular flexibility index (Phi) is 8.14. The first-order valence-corrected chi connectivity index (χ1v) is 3.66. The Balaban J connectivity index is 0. The molecule has 0 aromatic carbocycles. The van der Waals surface area contributed by atoms with Gasteiger partial charge in [-0.1, -0.05) is 0 Å². The molecule has 0 aliphatic rings. The molecule has 5 heteroatoms. The molecule has 0 bridgehead atoms. The standard InChI is InChI=1S/C5H14NO.C2H5NO2/c1-6(2,3)4-5-7;3-1-2(4)5/h7H,4-5H2,1-3H3;1,3H2,(H,4,5)/q+1;. The number of rotatable bonds is 3. The smallest absolute Gasteiger partial charge is 0.317 e. The van der Waals surface area contributed by atoms with Crippen LogP contribution in [0.5, 0.6) is 0 Å². The van der Waals surface area contributed by atoms with Crippen molar-refractivity contribution in [3.8, 4) is 0 Å². The van der Waals surface area contributed by atoms with Gasteiger partial charge in [0.05, 0.1) is 34.3 Å². The number of quaternary nitrogens is 1. The van der Waals surface area contributed by atoms with Gasteiger partial charge in [-0.3, -0.25) is 4.79 Å². The van der Waals surface area contributed by atoms with E-state index in [1.165, 1.54) is 0 Å². The van der Waals surface area contributed by atoms with Crippen LogP contribution in [0.3, 0.4) is 0 Å². The van der Waals surface area contributed by atoms with Crippen LogP contribution in [0.2, 0.25) is 0 Å². The fourth-order valence-corrected chi connectivity index (χ4v) is 0.300. The number of nitrogens with two attached hydrogens (primary N) is 1. The Bertz CT molecular complexity index is 120. The second kappa shape index (κ2) is 7.02. The summed E-state index contributed by atoms with van der Waals surface area (Å²) >= 11 is 0. The number of aliphatic hydroxyl groups is 1. The van der Waals surface area contributed by atoms with Gasteiger partial charge in [0.15, 0.2) is 0 Å². The van der Waals surface area contributed by atoms with Crippen LogP contribution in [-0.2, 0) is 4.79 Å². The quantitative estimate of drug-likeness (QED) is 0.471. The molecule has 0 fully saturated rings. The van der Waals surface area contributed by atoms with Crippen molar-refractivity contribution in [2.24, 2.45) is 5.73 Å². The summed E-state index contributed by atoms with van der Waals surface area (Å²) in [5, 5.41) is 16.0. The zero-order chi connectivity index (χ0) is 10.2. The van der Waals surface area contributed by atoms with E-state index in [2.05, 4.69) is 26.9 Å². The predicted molar refractivity (Wildman–Crippen MR) is 46.7 cm³/mol. The van der Waals surface area contributed by atoms with E-state index in [1.54, 1.807) is 0 Å². The van der Waals surface area contributed by atoms with Crippen molar-refractivity contribution >= 4 is 5.97 Å². The number of nitrogens with zero attached hydrogens (tertiary/aromatic N) is 1. The van der Waals surface area contributed by atoms with Crippen LogP contribution in [0.25, 0.3) is 0 Å². The van der Waals surface area contributed by atoms with Crippen LogP contribution in [0.4, 0.5) is 0 Å². The van der Waals surface area contributed by atoms with Crippen molar-refractivity contribution in [1.82, 2.24) is 0 Å². The molecule has 5 nitrogen and oxygen atoms in total. The fraction of sp³-hybridized carbons (Fsp3) is 0.857. The number of aliphatic hydroxyl groups excluding tert-OH is 1. The third-order valence-corrected chi connectivity index (χ3v) is 0.945. The Morgan fingerprint density at radius 1 is 1.42 bits per heavy atom. The van der Waals surface area contributed by atoms with Gasteiger partial charge >= 0.3 is 5.97 Å². The van der Waals surface area contributed by atoms with Crippen molar-refractivity contribution < 1.29 is 19.5 Å². The maximum atomic E-state index is 9.24. The van der Waals surface area contributed by atoms with Gasteiger partial charge in [-0.25, -0.2) is 0 Å². The largest absolute Gasteiger partial charge is 0.480 e. The molecule has 0 rings (SSSR count). The molecule has 0 aromatic heterocycles. The summed E-state index contributed by atoms with van der Waals surface area (Å²) in [6, 6.07) is 0. The van der Waals surface area contributed by atoms with Gasteiger partial charge in [0.2, 0.25) is 0 Å². The monoisotopic (exact) mass is 179 g/mol. The summed E-state index contributed by atoms with van der Waals surface area (Å²) < 4.78 is 0.844. The predicted octanol–water partition coefficient (Wildman–Crippen LogP) is -1.29. The molecule has 0 saturated heterocycles. The van der Waals surface area contributed by atoms with Crippen LogP contribution in [0.15, 0.2) is 0 Å². The first kappa shape index (κ1) is 13.9. The molecule has 0 aliphatic heterocycles. The maximum absolute atomic E-state index is 9.24. The molecule has 4 N–H and O–H groups in total. The van der Waals surface area contributed by atoms with Gasteiger partial charge in [-0.15, -0.1) is 0 Å². The Labute approximate surface area is 73.0 Å². The van der Waals surface area contributed by atoms with Gasteiger partial charge in [0, 0.05) is 0 Å². The molecule has 0 aromatic rings. The molecule has 0 unspecified atom stereocenters. The summed E-state index contributed by atoms with van der Waals surface area (Å²) in [5.74, 6) is -0.968. The zero-order valence-corrected chi connectivity index (χ0v) is 7.95. The summed E-state index contributed by atoms with van der Waals surface area (Å²) in [7, 11) is 6.16. The maximum Gasteiger partial charge on any atom is 0.317 e. The minimum atomic E-state index is -0.968. The Morgan fingerprint density at radius 2 is 1.75 bits per heavy atom. The van der Waals surface area contributed by atoms with E-state index in [0.717, 1.165) is 11.0 Å². The van der Waals surface area contributed by atoms with Crippen LogP contribution in [-0.4, -0.2) is 61.5 Å². The van der Waals surface area contributed by atoms with Gasteiger partial charge < -0.3 is 20.4 Å². The third kappa shape index (κ3) is 22.8. The highest BCUT2D eigenvalue weighted by Crippen LogP contribution is 1.84. The van der Waals surface area contributed by atoms with E-state index in [-0.39, 0.29) is 13.2 Å². The van der Waals surface area contributed by atoms with Crippen molar-refractivity contribution in [2.75, 3.05) is 40.8 Å². The fourth-order valence-electron chi connectivity index (χ4n) is 0.300.